The molecule has 3 heterocycles. The molecule has 6 atom stereocenters. The van der Waals surface area contributed by atoms with Gasteiger partial charge in [0.05, 0.1) is 18.4 Å². The van der Waals surface area contributed by atoms with Crippen LogP contribution in [0.1, 0.15) is 29.2 Å². The number of allylic oxidation sites excluding steroid dienone is 2. The third kappa shape index (κ3) is 3.19. The number of thiophene rings is 1. The average Bonchev–Trinajstić information content (AvgIpc) is 3.49. The number of amides is 4. The van der Waals surface area contributed by atoms with Gasteiger partial charge < -0.3 is 5.11 Å². The third-order valence-electron chi connectivity index (χ3n) is 8.29. The van der Waals surface area contributed by atoms with Crippen molar-refractivity contribution in [1.29, 1.82) is 0 Å². The van der Waals surface area contributed by atoms with Crippen molar-refractivity contribution in [3.8, 4) is 5.75 Å². The third-order valence-corrected chi connectivity index (χ3v) is 10.9. The van der Waals surface area contributed by atoms with Gasteiger partial charge in [-0.25, -0.2) is 0 Å². The zero-order valence-corrected chi connectivity index (χ0v) is 22.6. The molecular formula is C26H21Cl3N2O5S. The first-order valence-electron chi connectivity index (χ1n) is 11.8. The molecule has 37 heavy (non-hydrogen) atoms. The summed E-state index contributed by atoms with van der Waals surface area (Å²) in [6.45, 7) is 0.184. The summed E-state index contributed by atoms with van der Waals surface area (Å²) < 4.78 is 0. The van der Waals surface area contributed by atoms with E-state index in [-0.39, 0.29) is 42.0 Å². The maximum atomic E-state index is 13.8. The molecule has 4 aliphatic rings. The zero-order chi connectivity index (χ0) is 26.4. The van der Waals surface area contributed by atoms with E-state index in [1.165, 1.54) is 35.4 Å². The van der Waals surface area contributed by atoms with Gasteiger partial charge in [0, 0.05) is 22.9 Å². The van der Waals surface area contributed by atoms with Crippen LogP contribution in [0, 0.1) is 17.8 Å². The molecule has 3 fully saturated rings. The molecule has 11 heteroatoms. The Bertz CT molecular complexity index is 1410. The number of phenolic OH excluding ortho intramolecular Hbond substituents is 1. The van der Waals surface area contributed by atoms with Crippen LogP contribution in [0.3, 0.4) is 0 Å². The van der Waals surface area contributed by atoms with Gasteiger partial charge in [-0.2, -0.15) is 0 Å². The van der Waals surface area contributed by atoms with Gasteiger partial charge in [-0.3, -0.25) is 29.0 Å². The van der Waals surface area contributed by atoms with Crippen LogP contribution in [0.4, 0.5) is 0 Å². The summed E-state index contributed by atoms with van der Waals surface area (Å²) in [7, 11) is 1.33. The van der Waals surface area contributed by atoms with Gasteiger partial charge in [-0.1, -0.05) is 35.4 Å². The van der Waals surface area contributed by atoms with E-state index in [9.17, 15) is 24.3 Å². The molecule has 6 unspecified atom stereocenters. The van der Waals surface area contributed by atoms with E-state index in [4.69, 9.17) is 34.8 Å². The van der Waals surface area contributed by atoms with Crippen molar-refractivity contribution < 1.29 is 24.3 Å². The molecule has 4 amide bonds. The van der Waals surface area contributed by atoms with Crippen LogP contribution < -0.4 is 0 Å². The summed E-state index contributed by atoms with van der Waals surface area (Å²) >= 11 is 22.2. The van der Waals surface area contributed by atoms with Crippen molar-refractivity contribution >= 4 is 69.8 Å². The minimum absolute atomic E-state index is 0.0714. The van der Waals surface area contributed by atoms with Crippen molar-refractivity contribution in [1.82, 2.24) is 9.80 Å². The molecule has 2 aliphatic carbocycles. The first kappa shape index (κ1) is 24.9. The van der Waals surface area contributed by atoms with Crippen molar-refractivity contribution in [2.45, 2.75) is 35.1 Å². The molecule has 0 bridgehead atoms. The topological polar surface area (TPSA) is 95.0 Å². The first-order chi connectivity index (χ1) is 17.5. The molecule has 2 saturated heterocycles. The number of aromatic hydroxyl groups is 1. The molecule has 1 aromatic carbocycles. The number of hydrogen-bond donors (Lipinski definition) is 1. The van der Waals surface area contributed by atoms with Gasteiger partial charge in [0.25, 0.3) is 11.8 Å². The Kier molecular flexibility index (Phi) is 5.59. The number of imide groups is 2. The lowest BCUT2D eigenvalue weighted by atomic mass is 9.56. The van der Waals surface area contributed by atoms with E-state index >= 15 is 0 Å². The molecule has 6 rings (SSSR count). The van der Waals surface area contributed by atoms with Gasteiger partial charge in [0.15, 0.2) is 9.75 Å². The molecular weight excluding hydrogens is 559 g/mol. The Hall–Kier alpha value is -2.39. The van der Waals surface area contributed by atoms with E-state index in [0.29, 0.717) is 11.1 Å². The maximum Gasteiger partial charge on any atom is 0.253 e. The Labute approximate surface area is 231 Å². The van der Waals surface area contributed by atoms with E-state index in [0.717, 1.165) is 9.78 Å². The molecule has 1 saturated carbocycles. The lowest BCUT2D eigenvalue weighted by Gasteiger charge is -2.51. The minimum atomic E-state index is -1.90. The van der Waals surface area contributed by atoms with Crippen LogP contribution >= 0.6 is 46.1 Å². The van der Waals surface area contributed by atoms with Crippen LogP contribution in [-0.2, 0) is 25.7 Å². The van der Waals surface area contributed by atoms with Crippen LogP contribution in [0.5, 0.6) is 5.75 Å². The number of hydrogen-bond acceptors (Lipinski definition) is 6. The highest BCUT2D eigenvalue weighted by Crippen LogP contribution is 2.65. The number of halogens is 3. The molecule has 7 nitrogen and oxygen atoms in total. The number of phenols is 1. The van der Waals surface area contributed by atoms with Crippen LogP contribution in [0.25, 0.3) is 0 Å². The number of rotatable bonds is 3. The fourth-order valence-electron chi connectivity index (χ4n) is 6.62. The normalized spacial score (nSPS) is 35.0. The number of fused-ring (bicyclic) bond motifs is 4. The Morgan fingerprint density at radius 1 is 1.08 bits per heavy atom. The summed E-state index contributed by atoms with van der Waals surface area (Å²) in [5, 5.41) is 12.0. The van der Waals surface area contributed by atoms with E-state index in [2.05, 4.69) is 0 Å². The lowest BCUT2D eigenvalue weighted by molar-refractivity contribution is -0.141. The molecule has 2 aliphatic heterocycles. The smallest absolute Gasteiger partial charge is 0.253 e. The van der Waals surface area contributed by atoms with Crippen LogP contribution in [0.2, 0.25) is 5.02 Å². The predicted octanol–water partition coefficient (Wildman–Crippen LogP) is 4.30. The Balaban J connectivity index is 1.50. The summed E-state index contributed by atoms with van der Waals surface area (Å²) in [6, 6.07) is 8.04. The largest absolute Gasteiger partial charge is 0.508 e. The number of carbonyl (C=O) groups excluding carboxylic acids is 4. The van der Waals surface area contributed by atoms with E-state index in [1.807, 2.05) is 23.6 Å². The molecule has 0 radical (unpaired) electrons. The molecule has 0 spiro atoms. The molecule has 1 N–H and O–H groups in total. The fourth-order valence-corrected chi connectivity index (χ4v) is 8.61. The van der Waals surface area contributed by atoms with Gasteiger partial charge in [-0.05, 0) is 47.9 Å². The molecule has 2 aromatic rings. The highest BCUT2D eigenvalue weighted by atomic mass is 35.5. The van der Waals surface area contributed by atoms with Gasteiger partial charge in [0.1, 0.15) is 5.75 Å². The van der Waals surface area contributed by atoms with Gasteiger partial charge >= 0.3 is 0 Å². The maximum absolute atomic E-state index is 13.8. The fraction of sp³-hybridized carbons (Fsp3) is 0.385. The zero-order valence-electron chi connectivity index (χ0n) is 19.5. The second-order valence-corrected chi connectivity index (χ2v) is 12.7. The number of alkyl halides is 2. The summed E-state index contributed by atoms with van der Waals surface area (Å²) in [5.41, 5.74) is 1.08. The quantitative estimate of drug-likeness (QED) is 0.333. The van der Waals surface area contributed by atoms with E-state index < -0.39 is 45.2 Å². The van der Waals surface area contributed by atoms with Crippen LogP contribution in [-0.4, -0.2) is 55.3 Å². The number of likely N-dealkylation sites (tertiary alicyclic amines) is 2. The SMILES string of the molecule is CN1C(=O)C2(Cl)CC3C(=CCC4C(=O)N(Cc5cccs5)C(=O)C43)C(c3ccc(O)cc3Cl)C2(Cl)C1=O. The van der Waals surface area contributed by atoms with Crippen molar-refractivity contribution in [2.24, 2.45) is 17.8 Å². The number of carbonyl (C=O) groups is 4. The minimum Gasteiger partial charge on any atom is -0.508 e. The van der Waals surface area contributed by atoms with Crippen LogP contribution in [0.15, 0.2) is 47.4 Å². The monoisotopic (exact) mass is 578 g/mol. The van der Waals surface area contributed by atoms with Gasteiger partial charge in [0.2, 0.25) is 11.8 Å². The van der Waals surface area contributed by atoms with Gasteiger partial charge in [-0.15, -0.1) is 34.5 Å². The van der Waals surface area contributed by atoms with Crippen molar-refractivity contribution in [3.05, 3.63) is 62.8 Å². The van der Waals surface area contributed by atoms with E-state index in [1.54, 1.807) is 6.07 Å². The Morgan fingerprint density at radius 3 is 2.51 bits per heavy atom. The molecule has 192 valence electrons. The highest BCUT2D eigenvalue weighted by Gasteiger charge is 2.76. The summed E-state index contributed by atoms with van der Waals surface area (Å²) in [6.07, 6.45) is 2.07. The summed E-state index contributed by atoms with van der Waals surface area (Å²) in [4.78, 5) is 53.4. The highest BCUT2D eigenvalue weighted by molar-refractivity contribution is 7.09. The number of benzene rings is 1. The number of nitrogens with zero attached hydrogens (tertiary/aromatic N) is 2. The predicted molar refractivity (Wildman–Crippen MR) is 138 cm³/mol. The second-order valence-electron chi connectivity index (χ2n) is 10.0. The summed E-state index contributed by atoms with van der Waals surface area (Å²) in [5.74, 6) is -4.84. The second kappa shape index (κ2) is 8.30. The average molecular weight is 580 g/mol. The Morgan fingerprint density at radius 2 is 1.84 bits per heavy atom. The van der Waals surface area contributed by atoms with Crippen molar-refractivity contribution in [3.63, 3.8) is 0 Å². The lowest BCUT2D eigenvalue weighted by Crippen LogP contribution is -2.60. The molecule has 1 aromatic heterocycles. The standard InChI is InChI=1S/C26H21Cl3N2O5S/c1-30-23(35)25(28)10-17-14(20(26(25,29)24(30)36)15-5-4-12(32)9-18(15)27)6-7-16-19(17)22(34)31(21(16)33)11-13-3-2-8-37-13/h2-6,8-9,16-17,19-20,32H,7,10-11H2,1H3. The first-order valence-corrected chi connectivity index (χ1v) is 13.8. The van der Waals surface area contributed by atoms with Crippen molar-refractivity contribution in [2.75, 3.05) is 7.05 Å².